The molecule has 1 N–H and O–H groups in total. The van der Waals surface area contributed by atoms with Crippen molar-refractivity contribution in [2.24, 2.45) is 11.3 Å². The van der Waals surface area contributed by atoms with Crippen LogP contribution in [0.5, 0.6) is 0 Å². The van der Waals surface area contributed by atoms with E-state index in [2.05, 4.69) is 54.5 Å². The van der Waals surface area contributed by atoms with Crippen molar-refractivity contribution in [3.8, 4) is 11.5 Å². The van der Waals surface area contributed by atoms with Gasteiger partial charge < -0.3 is 9.73 Å². The minimum Gasteiger partial charge on any atom is -0.421 e. The summed E-state index contributed by atoms with van der Waals surface area (Å²) in [6.45, 7) is 6.36. The van der Waals surface area contributed by atoms with Crippen LogP contribution in [0.2, 0.25) is 10.0 Å². The molecule has 0 bridgehead atoms. The van der Waals surface area contributed by atoms with E-state index in [0.29, 0.717) is 21.8 Å². The van der Waals surface area contributed by atoms with Gasteiger partial charge >= 0.3 is 0 Å². The van der Waals surface area contributed by atoms with E-state index in [1.54, 1.807) is 0 Å². The molecule has 7 heteroatoms. The largest absolute Gasteiger partial charge is 0.421 e. The fourth-order valence-electron chi connectivity index (χ4n) is 6.54. The normalized spacial score (nSPS) is 28.1. The van der Waals surface area contributed by atoms with Crippen LogP contribution in [0.15, 0.2) is 46.9 Å². The maximum absolute atomic E-state index is 13.2. The lowest BCUT2D eigenvalue weighted by Gasteiger charge is -2.47. The Morgan fingerprint density at radius 2 is 1.89 bits per heavy atom. The fraction of sp³-hybridized carbons (Fsp3) is 0.464. The smallest absolute Gasteiger partial charge is 0.247 e. The second-order valence-corrected chi connectivity index (χ2v) is 10.9. The molecule has 184 valence electrons. The summed E-state index contributed by atoms with van der Waals surface area (Å²) in [5, 5.41) is 13.0. The molecule has 0 spiro atoms. The molecule has 1 aliphatic carbocycles. The predicted molar refractivity (Wildman–Crippen MR) is 139 cm³/mol. The maximum Gasteiger partial charge on any atom is 0.247 e. The maximum atomic E-state index is 13.2. The molecule has 2 aliphatic rings. The van der Waals surface area contributed by atoms with E-state index in [1.807, 2.05) is 24.3 Å². The SMILES string of the molecule is CCCc1nnc(-c2ccc([C@@H]3CC[C@@]4(CC)C(=O)N[C@H](C)[C@H]4[C@H]3c3ccc(Cl)cc3)c(Cl)c2)o1. The van der Waals surface area contributed by atoms with Gasteiger partial charge in [0.1, 0.15) is 0 Å². The Morgan fingerprint density at radius 1 is 1.11 bits per heavy atom. The molecule has 1 saturated heterocycles. The van der Waals surface area contributed by atoms with Crippen LogP contribution in [0, 0.1) is 11.3 Å². The highest BCUT2D eigenvalue weighted by Crippen LogP contribution is 2.60. The number of nitrogens with zero attached hydrogens (tertiary/aromatic N) is 2. The van der Waals surface area contributed by atoms with Crippen LogP contribution in [0.4, 0.5) is 0 Å². The second kappa shape index (κ2) is 9.59. The number of aromatic nitrogens is 2. The van der Waals surface area contributed by atoms with Gasteiger partial charge in [0.15, 0.2) is 0 Å². The third-order valence-electron chi connectivity index (χ3n) is 8.17. The van der Waals surface area contributed by atoms with E-state index in [-0.39, 0.29) is 35.1 Å². The number of amides is 1. The molecule has 1 aromatic heterocycles. The van der Waals surface area contributed by atoms with Gasteiger partial charge in [0.25, 0.3) is 0 Å². The van der Waals surface area contributed by atoms with Crippen LogP contribution in [0.25, 0.3) is 11.5 Å². The number of carbonyl (C=O) groups is 1. The topological polar surface area (TPSA) is 68.0 Å². The fourth-order valence-corrected chi connectivity index (χ4v) is 6.99. The van der Waals surface area contributed by atoms with Gasteiger partial charge in [-0.3, -0.25) is 4.79 Å². The Kier molecular flexibility index (Phi) is 6.67. The molecular formula is C28H31Cl2N3O2. The summed E-state index contributed by atoms with van der Waals surface area (Å²) < 4.78 is 5.82. The van der Waals surface area contributed by atoms with E-state index < -0.39 is 0 Å². The molecule has 5 nitrogen and oxygen atoms in total. The van der Waals surface area contributed by atoms with Crippen molar-refractivity contribution < 1.29 is 9.21 Å². The highest BCUT2D eigenvalue weighted by molar-refractivity contribution is 6.31. The zero-order valence-corrected chi connectivity index (χ0v) is 21.9. The number of nitrogens with one attached hydrogen (secondary N) is 1. The Morgan fingerprint density at radius 3 is 2.57 bits per heavy atom. The van der Waals surface area contributed by atoms with Gasteiger partial charge in [-0.05, 0) is 79.8 Å². The van der Waals surface area contributed by atoms with Crippen LogP contribution < -0.4 is 5.32 Å². The molecule has 1 aliphatic heterocycles. The van der Waals surface area contributed by atoms with Crippen molar-refractivity contribution >= 4 is 29.1 Å². The van der Waals surface area contributed by atoms with Crippen LogP contribution in [-0.4, -0.2) is 22.1 Å². The molecular weight excluding hydrogens is 481 g/mol. The van der Waals surface area contributed by atoms with Gasteiger partial charge in [-0.2, -0.15) is 0 Å². The first-order chi connectivity index (χ1) is 16.9. The van der Waals surface area contributed by atoms with Crippen LogP contribution in [0.1, 0.15) is 75.3 Å². The zero-order valence-electron chi connectivity index (χ0n) is 20.4. The second-order valence-electron chi connectivity index (χ2n) is 10.0. The van der Waals surface area contributed by atoms with Crippen LogP contribution >= 0.6 is 23.2 Å². The first-order valence-corrected chi connectivity index (χ1v) is 13.3. The summed E-state index contributed by atoms with van der Waals surface area (Å²) >= 11 is 13.2. The standard InChI is InChI=1S/C28H31Cl2N3O2/c1-4-6-23-32-33-26(35-23)18-9-12-20(22(30)15-18)21-13-14-28(5-2)25(16(3)31-27(28)34)24(21)17-7-10-19(29)11-8-17/h7-12,15-16,21,24-25H,4-6,13-14H2,1-3H3,(H,31,34)/t16-,21+,24+,25+,28-/m1/s1. The van der Waals surface area contributed by atoms with Crippen molar-refractivity contribution in [1.29, 1.82) is 0 Å². The first-order valence-electron chi connectivity index (χ1n) is 12.6. The van der Waals surface area contributed by atoms with Gasteiger partial charge in [0, 0.05) is 34.0 Å². The van der Waals surface area contributed by atoms with Gasteiger partial charge in [-0.1, -0.05) is 55.2 Å². The highest BCUT2D eigenvalue weighted by Gasteiger charge is 2.59. The number of hydrogen-bond acceptors (Lipinski definition) is 4. The number of benzene rings is 2. The summed E-state index contributed by atoms with van der Waals surface area (Å²) in [6, 6.07) is 14.2. The van der Waals surface area contributed by atoms with Crippen molar-refractivity contribution in [1.82, 2.24) is 15.5 Å². The summed E-state index contributed by atoms with van der Waals surface area (Å²) in [5.74, 6) is 1.80. The van der Waals surface area contributed by atoms with Crippen molar-refractivity contribution in [3.63, 3.8) is 0 Å². The van der Waals surface area contributed by atoms with E-state index in [4.69, 9.17) is 27.6 Å². The predicted octanol–water partition coefficient (Wildman–Crippen LogP) is 7.19. The average molecular weight is 512 g/mol. The van der Waals surface area contributed by atoms with E-state index in [0.717, 1.165) is 43.2 Å². The number of aryl methyl sites for hydroxylation is 1. The summed E-state index contributed by atoms with van der Waals surface area (Å²) in [5.41, 5.74) is 2.76. The molecule has 0 radical (unpaired) electrons. The first kappa shape index (κ1) is 24.3. The van der Waals surface area contributed by atoms with Gasteiger partial charge in [0.05, 0.1) is 5.41 Å². The Hall–Kier alpha value is -2.37. The lowest BCUT2D eigenvalue weighted by atomic mass is 9.54. The molecule has 1 saturated carbocycles. The van der Waals surface area contributed by atoms with Crippen molar-refractivity contribution in [2.75, 3.05) is 0 Å². The van der Waals surface area contributed by atoms with E-state index in [1.165, 1.54) is 5.56 Å². The minimum absolute atomic E-state index is 0.0827. The van der Waals surface area contributed by atoms with E-state index >= 15 is 0 Å². The van der Waals surface area contributed by atoms with E-state index in [9.17, 15) is 4.79 Å². The Bertz CT molecular complexity index is 1230. The Balaban J connectivity index is 1.56. The molecule has 5 rings (SSSR count). The quantitative estimate of drug-likeness (QED) is 0.380. The summed E-state index contributed by atoms with van der Waals surface area (Å²) in [6.07, 6.45) is 4.27. The van der Waals surface area contributed by atoms with Gasteiger partial charge in [0.2, 0.25) is 17.7 Å². The van der Waals surface area contributed by atoms with Gasteiger partial charge in [-0.15, -0.1) is 10.2 Å². The monoisotopic (exact) mass is 511 g/mol. The number of halogens is 2. The third kappa shape index (κ3) is 4.17. The minimum atomic E-state index is -0.355. The summed E-state index contributed by atoms with van der Waals surface area (Å²) in [7, 11) is 0. The molecule has 2 aromatic carbocycles. The molecule has 2 fully saturated rings. The number of rotatable bonds is 6. The zero-order chi connectivity index (χ0) is 24.7. The molecule has 0 unspecified atom stereocenters. The van der Waals surface area contributed by atoms with Crippen molar-refractivity contribution in [3.05, 3.63) is 69.5 Å². The summed E-state index contributed by atoms with van der Waals surface area (Å²) in [4.78, 5) is 13.2. The third-order valence-corrected chi connectivity index (χ3v) is 8.75. The number of hydrogen-bond donors (Lipinski definition) is 1. The number of carbonyl (C=O) groups excluding carboxylic acids is 1. The van der Waals surface area contributed by atoms with Gasteiger partial charge in [-0.25, -0.2) is 0 Å². The lowest BCUT2D eigenvalue weighted by Crippen LogP contribution is -2.43. The molecule has 5 atom stereocenters. The Labute approximate surface area is 216 Å². The average Bonchev–Trinajstić information content (AvgIpc) is 3.42. The van der Waals surface area contributed by atoms with Crippen molar-refractivity contribution in [2.45, 2.75) is 70.8 Å². The van der Waals surface area contributed by atoms with Crippen LogP contribution in [0.3, 0.4) is 0 Å². The molecule has 2 heterocycles. The van der Waals surface area contributed by atoms with Crippen LogP contribution in [-0.2, 0) is 11.2 Å². The lowest BCUT2D eigenvalue weighted by molar-refractivity contribution is -0.131. The molecule has 1 amide bonds. The molecule has 35 heavy (non-hydrogen) atoms. The molecule has 3 aromatic rings. The highest BCUT2D eigenvalue weighted by atomic mass is 35.5. The number of fused-ring (bicyclic) bond motifs is 1.